The van der Waals surface area contributed by atoms with Crippen molar-refractivity contribution in [3.63, 3.8) is 0 Å². The summed E-state index contributed by atoms with van der Waals surface area (Å²) in [5, 5.41) is 5.86. The van der Waals surface area contributed by atoms with Crippen LogP contribution in [0.3, 0.4) is 0 Å². The Morgan fingerprint density at radius 2 is 0.515 bits per heavy atom. The van der Waals surface area contributed by atoms with Gasteiger partial charge in [-0.2, -0.15) is 0 Å². The topological polar surface area (TPSA) is 51.6 Å². The van der Waals surface area contributed by atoms with E-state index in [1.165, 1.54) is 0 Å². The Bertz CT molecular complexity index is 1400. The van der Waals surface area contributed by atoms with Gasteiger partial charge in [0.05, 0.1) is 22.1 Å². The summed E-state index contributed by atoms with van der Waals surface area (Å²) < 4.78 is 0. The molecule has 0 spiro atoms. The predicted molar refractivity (Wildman–Crippen MR) is 134 cm³/mol. The number of rotatable bonds is 0. The summed E-state index contributed by atoms with van der Waals surface area (Å²) in [6, 6.07) is 22.7. The molecule has 0 bridgehead atoms. The van der Waals surface area contributed by atoms with Crippen molar-refractivity contribution in [3.8, 4) is 0 Å². The summed E-state index contributed by atoms with van der Waals surface area (Å²) in [5.41, 5.74) is 3.14. The first-order valence-electron chi connectivity index (χ1n) is 9.51. The summed E-state index contributed by atoms with van der Waals surface area (Å²) in [6.07, 6.45) is 0. The minimum Gasteiger partial charge on any atom is -0.234 e. The van der Waals surface area contributed by atoms with E-state index in [1.54, 1.807) is 24.3 Å². The van der Waals surface area contributed by atoms with Gasteiger partial charge in [0, 0.05) is 21.5 Å². The van der Waals surface area contributed by atoms with Crippen molar-refractivity contribution >= 4 is 90.0 Å². The summed E-state index contributed by atoms with van der Waals surface area (Å²) in [5.74, 6) is 0. The first-order chi connectivity index (χ1) is 15.5. The molecule has 0 aliphatic rings. The zero-order valence-electron chi connectivity index (χ0n) is 16.5. The Morgan fingerprint density at radius 1 is 0.333 bits per heavy atom. The number of nitrogens with zero attached hydrogens (tertiary/aromatic N) is 4. The Balaban J connectivity index is 0.000000152. The third-order valence-corrected chi connectivity index (χ3v) is 5.75. The maximum Gasteiger partial charge on any atom is 1.00 e. The molecular weight excluding hydrogens is 550 g/mol. The fourth-order valence-corrected chi connectivity index (χ4v) is 4.03. The van der Waals surface area contributed by atoms with Gasteiger partial charge in [0.15, 0.2) is 0 Å². The molecule has 6 aromatic rings. The second kappa shape index (κ2) is 9.94. The number of benzene rings is 2. The van der Waals surface area contributed by atoms with Gasteiger partial charge in [0.1, 0.15) is 20.6 Å². The van der Waals surface area contributed by atoms with Crippen LogP contribution in [0.1, 0.15) is 0 Å². The fourth-order valence-electron chi connectivity index (χ4n) is 3.44. The zero-order chi connectivity index (χ0) is 22.2. The normalized spacial score (nSPS) is 10.8. The molecule has 0 saturated heterocycles. The minimum absolute atomic E-state index is 0. The van der Waals surface area contributed by atoms with Crippen LogP contribution >= 0.6 is 46.4 Å². The summed E-state index contributed by atoms with van der Waals surface area (Å²) in [7, 11) is 0. The van der Waals surface area contributed by atoms with Gasteiger partial charge in [-0.25, -0.2) is 19.9 Å². The van der Waals surface area contributed by atoms with E-state index in [4.69, 9.17) is 46.4 Å². The van der Waals surface area contributed by atoms with Gasteiger partial charge in [0.25, 0.3) is 0 Å². The third-order valence-electron chi connectivity index (χ3n) is 4.90. The van der Waals surface area contributed by atoms with Crippen LogP contribution in [0.25, 0.3) is 43.6 Å². The minimum atomic E-state index is 0. The quantitative estimate of drug-likeness (QED) is 0.107. The van der Waals surface area contributed by atoms with Crippen LogP contribution in [0.4, 0.5) is 0 Å². The van der Waals surface area contributed by atoms with Gasteiger partial charge in [-0.1, -0.05) is 70.7 Å². The molecule has 6 rings (SSSR count). The van der Waals surface area contributed by atoms with E-state index < -0.39 is 0 Å². The van der Waals surface area contributed by atoms with Crippen molar-refractivity contribution < 1.29 is 17.1 Å². The van der Waals surface area contributed by atoms with Gasteiger partial charge >= 0.3 is 17.1 Å². The van der Waals surface area contributed by atoms with Gasteiger partial charge in [-0.3, -0.25) is 0 Å². The van der Waals surface area contributed by atoms with Crippen LogP contribution in [-0.2, 0) is 17.1 Å². The molecule has 0 radical (unpaired) electrons. The molecule has 0 N–H and O–H groups in total. The van der Waals surface area contributed by atoms with Gasteiger partial charge < -0.3 is 0 Å². The van der Waals surface area contributed by atoms with E-state index >= 15 is 0 Å². The van der Waals surface area contributed by atoms with E-state index in [-0.39, 0.29) is 17.1 Å². The van der Waals surface area contributed by atoms with Crippen molar-refractivity contribution in [2.45, 2.75) is 0 Å². The molecule has 0 fully saturated rings. The number of aromatic nitrogens is 4. The smallest absolute Gasteiger partial charge is 0.234 e. The number of halogens is 4. The Labute approximate surface area is 219 Å². The third kappa shape index (κ3) is 4.99. The van der Waals surface area contributed by atoms with E-state index in [1.807, 2.05) is 48.5 Å². The molecule has 166 valence electrons. The molecule has 0 amide bonds. The average molecular weight is 562 g/mol. The van der Waals surface area contributed by atoms with Crippen LogP contribution in [0.5, 0.6) is 0 Å². The van der Waals surface area contributed by atoms with E-state index in [9.17, 15) is 0 Å². The van der Waals surface area contributed by atoms with E-state index in [2.05, 4.69) is 19.9 Å². The molecule has 0 saturated carbocycles. The first-order valence-corrected chi connectivity index (χ1v) is 11.0. The first kappa shape index (κ1) is 23.9. The molecule has 0 aliphatic carbocycles. The molecule has 9 heteroatoms. The van der Waals surface area contributed by atoms with Gasteiger partial charge in [-0.05, 0) is 48.5 Å². The Kier molecular flexibility index (Phi) is 7.20. The van der Waals surface area contributed by atoms with E-state index in [0.717, 1.165) is 43.6 Å². The molecule has 4 aromatic heterocycles. The number of hydrogen-bond acceptors (Lipinski definition) is 4. The molecule has 0 atom stereocenters. The van der Waals surface area contributed by atoms with Crippen molar-refractivity contribution in [1.82, 2.24) is 19.9 Å². The molecule has 0 unspecified atom stereocenters. The van der Waals surface area contributed by atoms with Crippen molar-refractivity contribution in [2.75, 3.05) is 0 Å². The molecule has 4 heterocycles. The van der Waals surface area contributed by atoms with Crippen LogP contribution in [0.15, 0.2) is 72.8 Å². The Morgan fingerprint density at radius 3 is 0.727 bits per heavy atom. The van der Waals surface area contributed by atoms with Crippen molar-refractivity contribution in [3.05, 3.63) is 93.4 Å². The maximum absolute atomic E-state index is 5.89. The molecule has 4 nitrogen and oxygen atoms in total. The molecule has 33 heavy (non-hydrogen) atoms. The number of pyridine rings is 4. The molecule has 0 aliphatic heterocycles. The summed E-state index contributed by atoms with van der Waals surface area (Å²) >= 11 is 23.5. The average Bonchev–Trinajstić information content (AvgIpc) is 2.79. The van der Waals surface area contributed by atoms with Gasteiger partial charge in [0.2, 0.25) is 0 Å². The molecule has 2 aromatic carbocycles. The van der Waals surface area contributed by atoms with Crippen LogP contribution in [-0.4, -0.2) is 19.9 Å². The Hall–Kier alpha value is -2.24. The fraction of sp³-hybridized carbons (Fsp3) is 0. The van der Waals surface area contributed by atoms with Crippen LogP contribution < -0.4 is 0 Å². The second-order valence-corrected chi connectivity index (χ2v) is 8.50. The summed E-state index contributed by atoms with van der Waals surface area (Å²) in [4.78, 5) is 17.2. The molecular formula is C24H12Cl4CuN4+. The predicted octanol–water partition coefficient (Wildman–Crippen LogP) is 8.18. The van der Waals surface area contributed by atoms with Gasteiger partial charge in [-0.15, -0.1) is 0 Å². The van der Waals surface area contributed by atoms with E-state index in [0.29, 0.717) is 20.6 Å². The zero-order valence-corrected chi connectivity index (χ0v) is 20.5. The second-order valence-electron chi connectivity index (χ2n) is 6.95. The summed E-state index contributed by atoms with van der Waals surface area (Å²) in [6.45, 7) is 0. The van der Waals surface area contributed by atoms with Crippen LogP contribution in [0.2, 0.25) is 20.6 Å². The standard InChI is InChI=1S/2C12H6Cl2N2.Cu/c2*13-9-5-3-7-1-2-8-4-6-10(14)16-12(8)11(7)15-9;/h2*1-6H;/q;;+1. The monoisotopic (exact) mass is 559 g/mol. The maximum atomic E-state index is 5.89. The number of fused-ring (bicyclic) bond motifs is 6. The number of hydrogen-bond donors (Lipinski definition) is 0. The SMILES string of the molecule is Clc1ccc2ccc3ccc(Cl)nc3c2n1.Clc1ccc2ccc3ccc(Cl)nc3c2n1.[Cu+]. The van der Waals surface area contributed by atoms with Crippen molar-refractivity contribution in [1.29, 1.82) is 0 Å². The van der Waals surface area contributed by atoms with Crippen molar-refractivity contribution in [2.24, 2.45) is 0 Å². The van der Waals surface area contributed by atoms with Crippen LogP contribution in [0, 0.1) is 0 Å². The largest absolute Gasteiger partial charge is 1.00 e.